The first-order chi connectivity index (χ1) is 9.56. The van der Waals surface area contributed by atoms with Crippen LogP contribution in [0.25, 0.3) is 0 Å². The second-order valence-corrected chi connectivity index (χ2v) is 4.81. The number of benzene rings is 1. The molecule has 0 amide bonds. The van der Waals surface area contributed by atoms with Crippen molar-refractivity contribution in [1.82, 2.24) is 4.98 Å². The summed E-state index contributed by atoms with van der Waals surface area (Å²) in [6.45, 7) is 3.61. The summed E-state index contributed by atoms with van der Waals surface area (Å²) in [4.78, 5) is 26.7. The van der Waals surface area contributed by atoms with E-state index in [0.29, 0.717) is 17.0 Å². The van der Waals surface area contributed by atoms with Crippen LogP contribution in [0.15, 0.2) is 42.5 Å². The highest BCUT2D eigenvalue weighted by atomic mass is 16.5. The van der Waals surface area contributed by atoms with Crippen molar-refractivity contribution in [3.05, 3.63) is 59.4 Å². The molecule has 0 bridgehead atoms. The van der Waals surface area contributed by atoms with E-state index in [-0.39, 0.29) is 24.3 Å². The topological polar surface area (TPSA) is 59.2 Å². The summed E-state index contributed by atoms with van der Waals surface area (Å²) in [7, 11) is 0. The highest BCUT2D eigenvalue weighted by Gasteiger charge is 2.13. The van der Waals surface area contributed by atoms with Crippen molar-refractivity contribution in [3.8, 4) is 0 Å². The molecule has 0 fully saturated rings. The maximum Gasteiger partial charge on any atom is 0.312 e. The predicted molar refractivity (Wildman–Crippen MR) is 75.6 cm³/mol. The van der Waals surface area contributed by atoms with E-state index in [1.807, 2.05) is 18.2 Å². The molecule has 1 aromatic carbocycles. The number of rotatable bonds is 5. The zero-order chi connectivity index (χ0) is 14.5. The molecule has 2 rings (SSSR count). The van der Waals surface area contributed by atoms with Crippen LogP contribution >= 0.6 is 0 Å². The van der Waals surface area contributed by atoms with Gasteiger partial charge in [-0.15, -0.1) is 0 Å². The van der Waals surface area contributed by atoms with Crippen LogP contribution in [0.2, 0.25) is 0 Å². The number of ether oxygens (including phenoxy) is 1. The maximum absolute atomic E-state index is 12.2. The van der Waals surface area contributed by atoms with E-state index in [1.54, 1.807) is 38.1 Å². The van der Waals surface area contributed by atoms with Gasteiger partial charge in [-0.25, -0.2) is 0 Å². The summed E-state index contributed by atoms with van der Waals surface area (Å²) in [5.74, 6) is -0.394. The van der Waals surface area contributed by atoms with Gasteiger partial charge in [0.05, 0.1) is 18.2 Å². The number of ketones is 1. The number of esters is 1. The number of H-pyrrole nitrogens is 1. The van der Waals surface area contributed by atoms with Crippen LogP contribution < -0.4 is 0 Å². The van der Waals surface area contributed by atoms with Crippen LogP contribution in [0.3, 0.4) is 0 Å². The number of nitrogens with one attached hydrogen (secondary N) is 1. The Morgan fingerprint density at radius 2 is 1.80 bits per heavy atom. The number of hydrogen-bond donors (Lipinski definition) is 1. The largest absolute Gasteiger partial charge is 0.463 e. The highest BCUT2D eigenvalue weighted by molar-refractivity contribution is 6.07. The molecule has 0 aliphatic rings. The van der Waals surface area contributed by atoms with Crippen LogP contribution in [0.4, 0.5) is 0 Å². The first-order valence-corrected chi connectivity index (χ1v) is 6.53. The molecule has 0 unspecified atom stereocenters. The van der Waals surface area contributed by atoms with Gasteiger partial charge in [-0.1, -0.05) is 30.3 Å². The van der Waals surface area contributed by atoms with Gasteiger partial charge >= 0.3 is 5.97 Å². The first kappa shape index (κ1) is 14.1. The van der Waals surface area contributed by atoms with Gasteiger partial charge in [0.25, 0.3) is 0 Å². The molecule has 0 saturated heterocycles. The molecular weight excluding hydrogens is 254 g/mol. The lowest BCUT2D eigenvalue weighted by atomic mass is 10.1. The van der Waals surface area contributed by atoms with Crippen molar-refractivity contribution in [3.63, 3.8) is 0 Å². The molecule has 0 radical (unpaired) electrons. The van der Waals surface area contributed by atoms with Crippen LogP contribution in [-0.2, 0) is 16.0 Å². The monoisotopic (exact) mass is 271 g/mol. The predicted octanol–water partition coefficient (Wildman–Crippen LogP) is 2.74. The molecule has 0 atom stereocenters. The maximum atomic E-state index is 12.2. The van der Waals surface area contributed by atoms with E-state index in [0.717, 1.165) is 0 Å². The normalized spacial score (nSPS) is 10.6. The second kappa shape index (κ2) is 6.19. The van der Waals surface area contributed by atoms with Crippen LogP contribution in [-0.4, -0.2) is 22.8 Å². The van der Waals surface area contributed by atoms with Crippen LogP contribution in [0.5, 0.6) is 0 Å². The Hall–Kier alpha value is -2.36. The number of carbonyl (C=O) groups excluding carboxylic acids is 2. The molecule has 4 nitrogen and oxygen atoms in total. The fourth-order valence-electron chi connectivity index (χ4n) is 1.88. The highest BCUT2D eigenvalue weighted by Crippen LogP contribution is 2.10. The van der Waals surface area contributed by atoms with E-state index in [4.69, 9.17) is 4.74 Å². The van der Waals surface area contributed by atoms with E-state index >= 15 is 0 Å². The summed E-state index contributed by atoms with van der Waals surface area (Å²) < 4.78 is 5.06. The number of aromatic amines is 1. The van der Waals surface area contributed by atoms with Crippen molar-refractivity contribution in [2.45, 2.75) is 26.4 Å². The molecule has 0 saturated carbocycles. The molecule has 2 aromatic rings. The third-order valence-electron chi connectivity index (χ3n) is 2.73. The van der Waals surface area contributed by atoms with Crippen molar-refractivity contribution >= 4 is 11.8 Å². The van der Waals surface area contributed by atoms with Gasteiger partial charge in [0.2, 0.25) is 5.78 Å². The third kappa shape index (κ3) is 3.57. The molecule has 4 heteroatoms. The average molecular weight is 271 g/mol. The molecule has 1 aromatic heterocycles. The Morgan fingerprint density at radius 1 is 1.10 bits per heavy atom. The lowest BCUT2D eigenvalue weighted by Crippen LogP contribution is -2.14. The Kier molecular flexibility index (Phi) is 4.35. The smallest absolute Gasteiger partial charge is 0.312 e. The molecular formula is C16H17NO3. The van der Waals surface area contributed by atoms with Gasteiger partial charge in [0, 0.05) is 11.3 Å². The fourth-order valence-corrected chi connectivity index (χ4v) is 1.88. The number of carbonyl (C=O) groups is 2. The summed E-state index contributed by atoms with van der Waals surface area (Å²) in [5.41, 5.74) is 1.77. The zero-order valence-electron chi connectivity index (χ0n) is 11.6. The Bertz CT molecular complexity index is 599. The minimum absolute atomic E-state index is 0.0888. The molecule has 0 aliphatic carbocycles. The Labute approximate surface area is 117 Å². The third-order valence-corrected chi connectivity index (χ3v) is 2.73. The zero-order valence-corrected chi connectivity index (χ0v) is 11.6. The van der Waals surface area contributed by atoms with Crippen LogP contribution in [0, 0.1) is 0 Å². The van der Waals surface area contributed by atoms with E-state index in [9.17, 15) is 9.59 Å². The minimum Gasteiger partial charge on any atom is -0.463 e. The molecule has 104 valence electrons. The van der Waals surface area contributed by atoms with Gasteiger partial charge in [0.1, 0.15) is 0 Å². The number of hydrogen-bond acceptors (Lipinski definition) is 3. The molecule has 20 heavy (non-hydrogen) atoms. The quantitative estimate of drug-likeness (QED) is 0.672. The van der Waals surface area contributed by atoms with Gasteiger partial charge in [-0.2, -0.15) is 0 Å². The minimum atomic E-state index is -0.305. The molecule has 1 heterocycles. The lowest BCUT2D eigenvalue weighted by molar-refractivity contribution is -0.146. The average Bonchev–Trinajstić information content (AvgIpc) is 2.86. The van der Waals surface area contributed by atoms with Crippen molar-refractivity contribution in [2.24, 2.45) is 0 Å². The fraction of sp³-hybridized carbons (Fsp3) is 0.250. The van der Waals surface area contributed by atoms with Crippen molar-refractivity contribution in [1.29, 1.82) is 0 Å². The molecule has 1 N–H and O–H groups in total. The summed E-state index contributed by atoms with van der Waals surface area (Å²) in [6, 6.07) is 12.4. The van der Waals surface area contributed by atoms with Gasteiger partial charge in [-0.05, 0) is 26.0 Å². The molecule has 0 aliphatic heterocycles. The van der Waals surface area contributed by atoms with Crippen molar-refractivity contribution < 1.29 is 14.3 Å². The van der Waals surface area contributed by atoms with E-state index < -0.39 is 0 Å². The van der Waals surface area contributed by atoms with Gasteiger partial charge in [-0.3, -0.25) is 9.59 Å². The van der Waals surface area contributed by atoms with E-state index in [2.05, 4.69) is 4.98 Å². The second-order valence-electron chi connectivity index (χ2n) is 4.81. The first-order valence-electron chi connectivity index (χ1n) is 6.53. The lowest BCUT2D eigenvalue weighted by Gasteiger charge is -2.06. The van der Waals surface area contributed by atoms with E-state index in [1.165, 1.54) is 0 Å². The summed E-state index contributed by atoms with van der Waals surface area (Å²) in [5, 5.41) is 0. The SMILES string of the molecule is CC(C)OC(=O)Cc1ccc(C(=O)c2ccccc2)[nH]1. The summed E-state index contributed by atoms with van der Waals surface area (Å²) >= 11 is 0. The Morgan fingerprint density at radius 3 is 2.45 bits per heavy atom. The van der Waals surface area contributed by atoms with Gasteiger partial charge in [0.15, 0.2) is 0 Å². The van der Waals surface area contributed by atoms with Crippen molar-refractivity contribution in [2.75, 3.05) is 0 Å². The summed E-state index contributed by atoms with van der Waals surface area (Å²) in [6.07, 6.45) is 0.00292. The Balaban J connectivity index is 2.06. The van der Waals surface area contributed by atoms with Gasteiger partial charge < -0.3 is 9.72 Å². The standard InChI is InChI=1S/C16H17NO3/c1-11(2)20-15(18)10-13-8-9-14(17-13)16(19)12-6-4-3-5-7-12/h3-9,11,17H,10H2,1-2H3. The number of aromatic nitrogens is 1. The molecule has 0 spiro atoms. The van der Waals surface area contributed by atoms with Crippen LogP contribution in [0.1, 0.15) is 35.6 Å².